The van der Waals surface area contributed by atoms with Crippen LogP contribution in [0.3, 0.4) is 0 Å². The van der Waals surface area contributed by atoms with Gasteiger partial charge in [0.05, 0.1) is 17.6 Å². The van der Waals surface area contributed by atoms with E-state index in [9.17, 15) is 0 Å². The van der Waals surface area contributed by atoms with E-state index in [2.05, 4.69) is 38.2 Å². The molecule has 0 bridgehead atoms. The molecule has 0 spiro atoms. The monoisotopic (exact) mass is 262 g/mol. The third-order valence-electron chi connectivity index (χ3n) is 2.91. The number of imidazole rings is 1. The summed E-state index contributed by atoms with van der Waals surface area (Å²) in [6, 6.07) is 8.21. The average molecular weight is 262 g/mol. The molecule has 0 aliphatic rings. The predicted molar refractivity (Wildman–Crippen MR) is 72.0 cm³/mol. The van der Waals surface area contributed by atoms with Crippen molar-refractivity contribution in [3.8, 4) is 0 Å². The summed E-state index contributed by atoms with van der Waals surface area (Å²) in [5, 5.41) is 18.2. The second-order valence-electron chi connectivity index (χ2n) is 3.92. The highest BCUT2D eigenvalue weighted by atomic mass is 32.2. The highest BCUT2D eigenvalue weighted by Gasteiger charge is 2.15. The number of nitrogens with zero attached hydrogens (tertiary/aromatic N) is 4. The van der Waals surface area contributed by atoms with Gasteiger partial charge in [0.25, 0.3) is 0 Å². The minimum absolute atomic E-state index is 0.145. The van der Waals surface area contributed by atoms with Crippen molar-refractivity contribution in [1.29, 1.82) is 0 Å². The Morgan fingerprint density at radius 2 is 2.00 bits per heavy atom. The van der Waals surface area contributed by atoms with Crippen molar-refractivity contribution in [1.82, 2.24) is 19.2 Å². The van der Waals surface area contributed by atoms with E-state index in [1.54, 1.807) is 0 Å². The molecule has 2 heterocycles. The topological polar surface area (TPSA) is 55.4 Å². The van der Waals surface area contributed by atoms with Crippen LogP contribution in [0.2, 0.25) is 0 Å². The lowest BCUT2D eigenvalue weighted by Gasteiger charge is -1.97. The number of aryl methyl sites for hydroxylation is 1. The van der Waals surface area contributed by atoms with Crippen molar-refractivity contribution in [3.05, 3.63) is 24.3 Å². The number of aliphatic hydroxyl groups excluding tert-OH is 1. The Balaban J connectivity index is 2.29. The van der Waals surface area contributed by atoms with Crippen LogP contribution in [0.4, 0.5) is 0 Å². The van der Waals surface area contributed by atoms with Crippen LogP contribution in [0, 0.1) is 0 Å². The molecule has 0 saturated carbocycles. The molecule has 1 aromatic carbocycles. The molecule has 6 heteroatoms. The first-order valence-corrected chi connectivity index (χ1v) is 6.91. The first kappa shape index (κ1) is 11.6. The zero-order valence-corrected chi connectivity index (χ0v) is 10.9. The second-order valence-corrected chi connectivity index (χ2v) is 4.99. The molecular formula is C12H14N4OS. The smallest absolute Gasteiger partial charge is 0.237 e. The number of hydrogen-bond donors (Lipinski definition) is 1. The van der Waals surface area contributed by atoms with Crippen LogP contribution in [0.15, 0.2) is 29.4 Å². The van der Waals surface area contributed by atoms with Gasteiger partial charge in [-0.2, -0.15) is 0 Å². The lowest BCUT2D eigenvalue weighted by Crippen LogP contribution is -1.94. The van der Waals surface area contributed by atoms with Crippen LogP contribution in [-0.4, -0.2) is 36.6 Å². The zero-order valence-electron chi connectivity index (χ0n) is 10.1. The standard InChI is InChI=1S/C12H14N4OS/c1-2-15-9-5-3-4-6-10(9)16-11(15)13-14-12(16)18-8-7-17/h3-6,17H,2,7-8H2,1H3. The van der Waals surface area contributed by atoms with Crippen molar-refractivity contribution < 1.29 is 5.11 Å². The van der Waals surface area contributed by atoms with Gasteiger partial charge in [-0.1, -0.05) is 23.9 Å². The molecule has 0 radical (unpaired) electrons. The minimum Gasteiger partial charge on any atom is -0.396 e. The van der Waals surface area contributed by atoms with Crippen LogP contribution < -0.4 is 0 Å². The predicted octanol–water partition coefficient (Wildman–Crippen LogP) is 1.79. The molecule has 2 aromatic heterocycles. The first-order valence-electron chi connectivity index (χ1n) is 5.92. The molecule has 0 aliphatic heterocycles. The highest BCUT2D eigenvalue weighted by molar-refractivity contribution is 7.99. The normalized spacial score (nSPS) is 11.7. The molecular weight excluding hydrogens is 248 g/mol. The fourth-order valence-corrected chi connectivity index (χ4v) is 2.86. The van der Waals surface area contributed by atoms with Gasteiger partial charge in [-0.25, -0.2) is 0 Å². The Labute approximate surface area is 108 Å². The molecule has 3 aromatic rings. The van der Waals surface area contributed by atoms with Crippen molar-refractivity contribution in [3.63, 3.8) is 0 Å². The van der Waals surface area contributed by atoms with Gasteiger partial charge in [0, 0.05) is 12.3 Å². The molecule has 0 saturated heterocycles. The largest absolute Gasteiger partial charge is 0.396 e. The Kier molecular flexibility index (Phi) is 2.97. The lowest BCUT2D eigenvalue weighted by molar-refractivity contribution is 0.322. The summed E-state index contributed by atoms with van der Waals surface area (Å²) in [5.41, 5.74) is 2.27. The Hall–Kier alpha value is -1.53. The summed E-state index contributed by atoms with van der Waals surface area (Å²) in [7, 11) is 0. The number of aliphatic hydroxyl groups is 1. The fourth-order valence-electron chi connectivity index (χ4n) is 2.18. The van der Waals surface area contributed by atoms with Crippen LogP contribution >= 0.6 is 11.8 Å². The molecule has 94 valence electrons. The van der Waals surface area contributed by atoms with E-state index < -0.39 is 0 Å². The number of fused-ring (bicyclic) bond motifs is 3. The van der Waals surface area contributed by atoms with Gasteiger partial charge in [-0.05, 0) is 19.1 Å². The molecule has 1 N–H and O–H groups in total. The minimum atomic E-state index is 0.145. The number of benzene rings is 1. The number of rotatable bonds is 4. The van der Waals surface area contributed by atoms with E-state index in [0.717, 1.165) is 28.5 Å². The van der Waals surface area contributed by atoms with Gasteiger partial charge in [0.1, 0.15) is 0 Å². The van der Waals surface area contributed by atoms with Gasteiger partial charge >= 0.3 is 0 Å². The Morgan fingerprint density at radius 1 is 1.22 bits per heavy atom. The van der Waals surface area contributed by atoms with Gasteiger partial charge in [-0.15, -0.1) is 10.2 Å². The summed E-state index contributed by atoms with van der Waals surface area (Å²) in [6.45, 7) is 3.10. The van der Waals surface area contributed by atoms with Crippen molar-refractivity contribution >= 4 is 28.6 Å². The number of para-hydroxylation sites is 2. The maximum absolute atomic E-state index is 8.92. The fraction of sp³-hybridized carbons (Fsp3) is 0.333. The number of aromatic nitrogens is 4. The Bertz CT molecular complexity index is 688. The van der Waals surface area contributed by atoms with E-state index in [1.807, 2.05) is 12.1 Å². The Morgan fingerprint density at radius 3 is 2.72 bits per heavy atom. The van der Waals surface area contributed by atoms with Crippen LogP contribution in [-0.2, 0) is 6.54 Å². The molecule has 3 rings (SSSR count). The van der Waals surface area contributed by atoms with Crippen LogP contribution in [0.1, 0.15) is 6.92 Å². The molecule has 0 amide bonds. The number of thioether (sulfide) groups is 1. The van der Waals surface area contributed by atoms with Crippen LogP contribution in [0.5, 0.6) is 0 Å². The van der Waals surface area contributed by atoms with Crippen LogP contribution in [0.25, 0.3) is 16.8 Å². The summed E-state index contributed by atoms with van der Waals surface area (Å²) in [5.74, 6) is 1.49. The van der Waals surface area contributed by atoms with Gasteiger partial charge in [-0.3, -0.25) is 4.40 Å². The SMILES string of the molecule is CCn1c2ccccc2n2c(SCCO)nnc12. The highest BCUT2D eigenvalue weighted by Crippen LogP contribution is 2.25. The van der Waals surface area contributed by atoms with Gasteiger partial charge in [0.2, 0.25) is 5.78 Å². The zero-order chi connectivity index (χ0) is 12.5. The summed E-state index contributed by atoms with van der Waals surface area (Å²) in [6.07, 6.45) is 0. The van der Waals surface area contributed by atoms with Gasteiger partial charge in [0.15, 0.2) is 5.16 Å². The molecule has 18 heavy (non-hydrogen) atoms. The summed E-state index contributed by atoms with van der Waals surface area (Å²) < 4.78 is 4.20. The molecule has 0 fully saturated rings. The third kappa shape index (κ3) is 1.60. The first-order chi connectivity index (χ1) is 8.86. The molecule has 0 unspecified atom stereocenters. The third-order valence-corrected chi connectivity index (χ3v) is 3.82. The van der Waals surface area contributed by atoms with E-state index in [1.165, 1.54) is 11.8 Å². The van der Waals surface area contributed by atoms with Crippen molar-refractivity contribution in [2.45, 2.75) is 18.6 Å². The lowest BCUT2D eigenvalue weighted by atomic mass is 10.3. The van der Waals surface area contributed by atoms with Crippen molar-refractivity contribution in [2.75, 3.05) is 12.4 Å². The van der Waals surface area contributed by atoms with E-state index in [0.29, 0.717) is 5.75 Å². The molecule has 0 aliphatic carbocycles. The van der Waals surface area contributed by atoms with Crippen molar-refractivity contribution in [2.24, 2.45) is 0 Å². The average Bonchev–Trinajstić information content (AvgIpc) is 2.94. The maximum atomic E-state index is 8.92. The van der Waals surface area contributed by atoms with E-state index >= 15 is 0 Å². The quantitative estimate of drug-likeness (QED) is 0.728. The maximum Gasteiger partial charge on any atom is 0.237 e. The summed E-state index contributed by atoms with van der Waals surface area (Å²) >= 11 is 1.52. The van der Waals surface area contributed by atoms with Gasteiger partial charge < -0.3 is 9.67 Å². The van der Waals surface area contributed by atoms with E-state index in [-0.39, 0.29) is 6.61 Å². The second kappa shape index (κ2) is 4.62. The van der Waals surface area contributed by atoms with E-state index in [4.69, 9.17) is 5.11 Å². The molecule has 0 atom stereocenters. The molecule has 5 nitrogen and oxygen atoms in total. The number of hydrogen-bond acceptors (Lipinski definition) is 4. The summed E-state index contributed by atoms with van der Waals surface area (Å²) in [4.78, 5) is 0.